The van der Waals surface area contributed by atoms with Crippen LogP contribution < -0.4 is 5.32 Å². The van der Waals surface area contributed by atoms with Gasteiger partial charge in [-0.1, -0.05) is 0 Å². The normalized spacial score (nSPS) is 20.4. The first-order valence-electron chi connectivity index (χ1n) is 8.44. The second-order valence-electron chi connectivity index (χ2n) is 7.09. The highest BCUT2D eigenvalue weighted by atomic mass is 19.1. The summed E-state index contributed by atoms with van der Waals surface area (Å²) in [6.45, 7) is 2.87. The molecule has 2 amide bonds. The number of carbonyl (C=O) groups is 2. The molecule has 1 aromatic carbocycles. The number of nitrogens with zero attached hydrogens (tertiary/aromatic N) is 1. The van der Waals surface area contributed by atoms with Crippen LogP contribution >= 0.6 is 0 Å². The Morgan fingerprint density at radius 3 is 2.42 bits per heavy atom. The van der Waals surface area contributed by atoms with Gasteiger partial charge in [-0.05, 0) is 51.2 Å². The highest BCUT2D eigenvalue weighted by Gasteiger charge is 2.36. The first-order chi connectivity index (χ1) is 11.4. The van der Waals surface area contributed by atoms with Crippen molar-refractivity contribution in [2.45, 2.75) is 44.6 Å². The van der Waals surface area contributed by atoms with Crippen LogP contribution in [0.15, 0.2) is 18.2 Å². The highest BCUT2D eigenvalue weighted by Crippen LogP contribution is 2.32. The zero-order chi connectivity index (χ0) is 17.3. The van der Waals surface area contributed by atoms with Gasteiger partial charge in [0.05, 0.1) is 5.56 Å². The lowest BCUT2D eigenvalue weighted by molar-refractivity contribution is -0.129. The molecule has 1 heterocycles. The molecule has 0 aromatic heterocycles. The van der Waals surface area contributed by atoms with Crippen LogP contribution in [0.1, 0.15) is 49.4 Å². The molecule has 1 aromatic rings. The van der Waals surface area contributed by atoms with Crippen molar-refractivity contribution in [3.8, 4) is 0 Å². The summed E-state index contributed by atoms with van der Waals surface area (Å²) in [6.07, 6.45) is 4.31. The second-order valence-corrected chi connectivity index (χ2v) is 7.09. The number of hydrogen-bond acceptors (Lipinski definition) is 2. The molecule has 2 fully saturated rings. The summed E-state index contributed by atoms with van der Waals surface area (Å²) in [7, 11) is 0. The van der Waals surface area contributed by atoms with Gasteiger partial charge in [0.2, 0.25) is 5.91 Å². The minimum Gasteiger partial charge on any atom is -0.351 e. The largest absolute Gasteiger partial charge is 0.351 e. The van der Waals surface area contributed by atoms with E-state index in [-0.39, 0.29) is 22.9 Å². The number of amides is 2. The number of benzene rings is 1. The Hall–Kier alpha value is -1.98. The number of likely N-dealkylation sites (tertiary alicyclic amines) is 1. The molecule has 2 aliphatic rings. The fourth-order valence-corrected chi connectivity index (χ4v) is 3.41. The Bertz CT molecular complexity index is 650. The summed E-state index contributed by atoms with van der Waals surface area (Å²) in [4.78, 5) is 26.2. The number of carbonyl (C=O) groups excluding carboxylic acids is 2. The van der Waals surface area contributed by atoms with Crippen LogP contribution in [-0.4, -0.2) is 35.3 Å². The zero-order valence-corrected chi connectivity index (χ0v) is 13.8. The third kappa shape index (κ3) is 3.42. The summed E-state index contributed by atoms with van der Waals surface area (Å²) < 4.78 is 26.7. The third-order valence-corrected chi connectivity index (χ3v) is 5.20. The minimum absolute atomic E-state index is 0.0530. The summed E-state index contributed by atoms with van der Waals surface area (Å²) in [6, 6.07) is 2.96. The van der Waals surface area contributed by atoms with Gasteiger partial charge in [0.25, 0.3) is 5.91 Å². The van der Waals surface area contributed by atoms with Crippen LogP contribution in [0.4, 0.5) is 8.78 Å². The van der Waals surface area contributed by atoms with Gasteiger partial charge in [0, 0.05) is 30.6 Å². The van der Waals surface area contributed by atoms with Crippen molar-refractivity contribution >= 4 is 11.8 Å². The molecule has 1 aliphatic carbocycles. The molecule has 0 bridgehead atoms. The first kappa shape index (κ1) is 16.9. The van der Waals surface area contributed by atoms with Gasteiger partial charge in [-0.2, -0.15) is 0 Å². The van der Waals surface area contributed by atoms with Crippen LogP contribution in [0.2, 0.25) is 0 Å². The average Bonchev–Trinajstić information content (AvgIpc) is 2.53. The summed E-state index contributed by atoms with van der Waals surface area (Å²) in [5.41, 5.74) is -0.192. The second kappa shape index (κ2) is 6.49. The lowest BCUT2D eigenvalue weighted by atomic mass is 9.78. The first-order valence-corrected chi connectivity index (χ1v) is 8.44. The number of rotatable bonds is 3. The summed E-state index contributed by atoms with van der Waals surface area (Å²) in [5, 5.41) is 3.11. The van der Waals surface area contributed by atoms with Gasteiger partial charge < -0.3 is 10.2 Å². The van der Waals surface area contributed by atoms with Crippen LogP contribution in [0, 0.1) is 17.6 Å². The Kier molecular flexibility index (Phi) is 4.56. The van der Waals surface area contributed by atoms with Crippen molar-refractivity contribution in [1.29, 1.82) is 0 Å². The molecule has 0 radical (unpaired) electrons. The van der Waals surface area contributed by atoms with E-state index in [9.17, 15) is 18.4 Å². The van der Waals surface area contributed by atoms with Gasteiger partial charge in [-0.25, -0.2) is 8.78 Å². The maximum absolute atomic E-state index is 13.7. The quantitative estimate of drug-likeness (QED) is 0.923. The van der Waals surface area contributed by atoms with E-state index in [4.69, 9.17) is 0 Å². The molecular weight excluding hydrogens is 314 g/mol. The van der Waals surface area contributed by atoms with Crippen molar-refractivity contribution in [2.24, 2.45) is 5.92 Å². The molecule has 1 saturated heterocycles. The number of nitrogens with one attached hydrogen (secondary N) is 1. The lowest BCUT2D eigenvalue weighted by Gasteiger charge is -2.41. The Labute approximate surface area is 140 Å². The fourth-order valence-electron chi connectivity index (χ4n) is 3.41. The Morgan fingerprint density at radius 1 is 1.21 bits per heavy atom. The molecule has 0 unspecified atom stereocenters. The molecular formula is C18H22F2N2O2. The third-order valence-electron chi connectivity index (χ3n) is 5.20. The molecule has 130 valence electrons. The molecule has 0 atom stereocenters. The molecule has 24 heavy (non-hydrogen) atoms. The van der Waals surface area contributed by atoms with Gasteiger partial charge in [-0.15, -0.1) is 0 Å². The zero-order valence-electron chi connectivity index (χ0n) is 13.8. The SMILES string of the molecule is CC1(NC(=O)C2CCN(C(=O)c3ccc(F)cc3F)CC2)CCC1. The molecule has 1 saturated carbocycles. The van der Waals surface area contributed by atoms with Gasteiger partial charge >= 0.3 is 0 Å². The highest BCUT2D eigenvalue weighted by molar-refractivity contribution is 5.94. The molecule has 1 aliphatic heterocycles. The van der Waals surface area contributed by atoms with E-state index >= 15 is 0 Å². The fraction of sp³-hybridized carbons (Fsp3) is 0.556. The Balaban J connectivity index is 1.56. The molecule has 6 heteroatoms. The van der Waals surface area contributed by atoms with E-state index in [2.05, 4.69) is 12.2 Å². The number of halogens is 2. The number of piperidine rings is 1. The maximum Gasteiger partial charge on any atom is 0.256 e. The van der Waals surface area contributed by atoms with Gasteiger partial charge in [0.1, 0.15) is 11.6 Å². The topological polar surface area (TPSA) is 49.4 Å². The van der Waals surface area contributed by atoms with E-state index in [1.165, 1.54) is 11.0 Å². The molecule has 3 rings (SSSR count). The van der Waals surface area contributed by atoms with Crippen LogP contribution in [0.25, 0.3) is 0 Å². The van der Waals surface area contributed by atoms with Crippen molar-refractivity contribution in [3.05, 3.63) is 35.4 Å². The Morgan fingerprint density at radius 2 is 1.88 bits per heavy atom. The van der Waals surface area contributed by atoms with Crippen LogP contribution in [-0.2, 0) is 4.79 Å². The monoisotopic (exact) mass is 336 g/mol. The lowest BCUT2D eigenvalue weighted by Crippen LogP contribution is -2.54. The van der Waals surface area contributed by atoms with E-state index in [0.717, 1.165) is 25.3 Å². The van der Waals surface area contributed by atoms with Gasteiger partial charge in [0.15, 0.2) is 0 Å². The minimum atomic E-state index is -0.849. The number of hydrogen-bond donors (Lipinski definition) is 1. The van der Waals surface area contributed by atoms with Crippen LogP contribution in [0.3, 0.4) is 0 Å². The van der Waals surface area contributed by atoms with E-state index < -0.39 is 17.5 Å². The molecule has 4 nitrogen and oxygen atoms in total. The van der Waals surface area contributed by atoms with Gasteiger partial charge in [-0.3, -0.25) is 9.59 Å². The van der Waals surface area contributed by atoms with Crippen molar-refractivity contribution in [3.63, 3.8) is 0 Å². The average molecular weight is 336 g/mol. The van der Waals surface area contributed by atoms with Crippen molar-refractivity contribution in [1.82, 2.24) is 10.2 Å². The molecule has 1 N–H and O–H groups in total. The van der Waals surface area contributed by atoms with E-state index in [0.29, 0.717) is 32.0 Å². The van der Waals surface area contributed by atoms with E-state index in [1.807, 2.05) is 0 Å². The maximum atomic E-state index is 13.7. The summed E-state index contributed by atoms with van der Waals surface area (Å²) in [5.74, 6) is -2.05. The predicted molar refractivity (Wildman–Crippen MR) is 85.4 cm³/mol. The van der Waals surface area contributed by atoms with Crippen molar-refractivity contribution in [2.75, 3.05) is 13.1 Å². The smallest absolute Gasteiger partial charge is 0.256 e. The van der Waals surface area contributed by atoms with Crippen molar-refractivity contribution < 1.29 is 18.4 Å². The van der Waals surface area contributed by atoms with E-state index in [1.54, 1.807) is 0 Å². The standard InChI is InChI=1S/C18H22F2N2O2/c1-18(7-2-8-18)21-16(23)12-5-9-22(10-6-12)17(24)14-4-3-13(19)11-15(14)20/h3-4,11-12H,2,5-10H2,1H3,(H,21,23). The molecule has 0 spiro atoms. The van der Waals surface area contributed by atoms with Crippen LogP contribution in [0.5, 0.6) is 0 Å². The predicted octanol–water partition coefficient (Wildman–Crippen LogP) is 2.88. The summed E-state index contributed by atoms with van der Waals surface area (Å²) >= 11 is 0.